The Balaban J connectivity index is 1.89. The van der Waals surface area contributed by atoms with E-state index in [0.717, 1.165) is 11.1 Å². The molecule has 0 saturated heterocycles. The zero-order valence-electron chi connectivity index (χ0n) is 13.6. The van der Waals surface area contributed by atoms with E-state index in [0.29, 0.717) is 12.1 Å². The van der Waals surface area contributed by atoms with Crippen LogP contribution >= 0.6 is 0 Å². The van der Waals surface area contributed by atoms with Crippen LogP contribution in [0.25, 0.3) is 11.1 Å². The van der Waals surface area contributed by atoms with Crippen molar-refractivity contribution in [3.05, 3.63) is 81.8 Å². The summed E-state index contributed by atoms with van der Waals surface area (Å²) in [7, 11) is 1.55. The Hall–Kier alpha value is -3.08. The van der Waals surface area contributed by atoms with E-state index in [1.54, 1.807) is 19.2 Å². The molecule has 0 saturated carbocycles. The molecule has 1 aromatic heterocycles. The number of carbonyl (C=O) groups excluding carboxylic acids is 1. The second kappa shape index (κ2) is 6.58. The molecule has 3 aromatic rings. The molecule has 5 heteroatoms. The van der Waals surface area contributed by atoms with Crippen LogP contribution in [0.1, 0.15) is 21.6 Å². The fourth-order valence-corrected chi connectivity index (χ4v) is 2.67. The normalized spacial score (nSPS) is 10.6. The lowest BCUT2D eigenvalue weighted by Gasteiger charge is -2.07. The van der Waals surface area contributed by atoms with Gasteiger partial charge in [0.1, 0.15) is 5.56 Å². The minimum absolute atomic E-state index is 0.221. The number of rotatable bonds is 4. The van der Waals surface area contributed by atoms with Gasteiger partial charge in [0, 0.05) is 13.6 Å². The van der Waals surface area contributed by atoms with Crippen molar-refractivity contribution in [2.75, 3.05) is 0 Å². The molecule has 0 aliphatic heterocycles. The summed E-state index contributed by atoms with van der Waals surface area (Å²) in [5.74, 6) is -0.344. The molecule has 0 aliphatic rings. The van der Waals surface area contributed by atoms with Crippen molar-refractivity contribution < 1.29 is 9.32 Å². The van der Waals surface area contributed by atoms with Gasteiger partial charge in [-0.1, -0.05) is 60.2 Å². The number of carbonyl (C=O) groups is 1. The largest absolute Gasteiger partial charge is 0.366 e. The first-order valence-electron chi connectivity index (χ1n) is 7.65. The van der Waals surface area contributed by atoms with Gasteiger partial charge < -0.3 is 9.84 Å². The van der Waals surface area contributed by atoms with Crippen LogP contribution in [0.2, 0.25) is 0 Å². The van der Waals surface area contributed by atoms with Gasteiger partial charge in [-0.25, -0.2) is 9.53 Å². The Morgan fingerprint density at radius 1 is 1.12 bits per heavy atom. The summed E-state index contributed by atoms with van der Waals surface area (Å²) in [4.78, 5) is 24.7. The molecular weight excluding hydrogens is 304 g/mol. The maximum atomic E-state index is 12.6. The van der Waals surface area contributed by atoms with E-state index in [2.05, 4.69) is 5.32 Å². The van der Waals surface area contributed by atoms with Gasteiger partial charge in [-0.05, 0) is 18.1 Å². The van der Waals surface area contributed by atoms with E-state index in [1.807, 2.05) is 49.4 Å². The Kier molecular flexibility index (Phi) is 4.33. The number of nitrogens with zero attached hydrogens (tertiary/aromatic N) is 1. The van der Waals surface area contributed by atoms with Gasteiger partial charge in [0.05, 0.1) is 0 Å². The van der Waals surface area contributed by atoms with Crippen molar-refractivity contribution >= 4 is 5.91 Å². The number of amides is 1. The molecule has 0 bridgehead atoms. The number of benzene rings is 2. The van der Waals surface area contributed by atoms with Crippen molar-refractivity contribution in [2.45, 2.75) is 13.5 Å². The summed E-state index contributed by atoms with van der Waals surface area (Å²) in [5.41, 5.74) is 2.76. The Bertz CT molecular complexity index is 923. The first-order valence-corrected chi connectivity index (χ1v) is 7.65. The first-order chi connectivity index (χ1) is 11.6. The maximum Gasteiger partial charge on any atom is 0.366 e. The molecule has 0 radical (unpaired) electrons. The highest BCUT2D eigenvalue weighted by atomic mass is 16.5. The summed E-state index contributed by atoms with van der Waals surface area (Å²) in [6, 6.07) is 16.9. The molecule has 1 heterocycles. The minimum Gasteiger partial charge on any atom is -0.347 e. The summed E-state index contributed by atoms with van der Waals surface area (Å²) < 4.78 is 6.31. The summed E-state index contributed by atoms with van der Waals surface area (Å²) in [5, 5.41) is 2.85. The van der Waals surface area contributed by atoms with Gasteiger partial charge in [0.15, 0.2) is 5.69 Å². The van der Waals surface area contributed by atoms with Crippen LogP contribution in [-0.2, 0) is 13.6 Å². The SMILES string of the molecule is Cc1cccc(CNC(=O)c2c(-c3ccccc3)c(=O)on2C)c1. The smallest absolute Gasteiger partial charge is 0.347 e. The van der Waals surface area contributed by atoms with E-state index in [9.17, 15) is 9.59 Å². The van der Waals surface area contributed by atoms with Gasteiger partial charge in [-0.3, -0.25) is 4.79 Å². The van der Waals surface area contributed by atoms with E-state index >= 15 is 0 Å². The van der Waals surface area contributed by atoms with Crippen molar-refractivity contribution in [2.24, 2.45) is 7.05 Å². The van der Waals surface area contributed by atoms with E-state index < -0.39 is 5.63 Å². The van der Waals surface area contributed by atoms with Crippen molar-refractivity contribution in [1.29, 1.82) is 0 Å². The van der Waals surface area contributed by atoms with Gasteiger partial charge in [0.2, 0.25) is 0 Å². The van der Waals surface area contributed by atoms with Crippen LogP contribution in [0.3, 0.4) is 0 Å². The molecule has 2 aromatic carbocycles. The molecular formula is C19H18N2O3. The quantitative estimate of drug-likeness (QED) is 0.803. The highest BCUT2D eigenvalue weighted by Gasteiger charge is 2.23. The molecule has 0 aliphatic carbocycles. The Morgan fingerprint density at radius 2 is 1.88 bits per heavy atom. The molecule has 1 N–H and O–H groups in total. The number of aryl methyl sites for hydroxylation is 2. The van der Waals surface area contributed by atoms with Crippen LogP contribution < -0.4 is 10.9 Å². The zero-order valence-corrected chi connectivity index (χ0v) is 13.6. The number of nitrogens with one attached hydrogen (secondary N) is 1. The molecule has 0 spiro atoms. The van der Waals surface area contributed by atoms with Crippen molar-refractivity contribution in [3.8, 4) is 11.1 Å². The lowest BCUT2D eigenvalue weighted by molar-refractivity contribution is 0.0931. The van der Waals surface area contributed by atoms with Crippen LogP contribution in [0, 0.1) is 6.92 Å². The van der Waals surface area contributed by atoms with E-state index in [-0.39, 0.29) is 17.2 Å². The third-order valence-electron chi connectivity index (χ3n) is 3.79. The molecule has 0 fully saturated rings. The van der Waals surface area contributed by atoms with Gasteiger partial charge in [-0.2, -0.15) is 0 Å². The van der Waals surface area contributed by atoms with Crippen LogP contribution in [-0.4, -0.2) is 10.6 Å². The van der Waals surface area contributed by atoms with Crippen LogP contribution in [0.15, 0.2) is 63.9 Å². The van der Waals surface area contributed by atoms with Gasteiger partial charge >= 0.3 is 5.63 Å². The minimum atomic E-state index is -0.524. The predicted molar refractivity (Wildman–Crippen MR) is 91.7 cm³/mol. The average Bonchev–Trinajstić information content (AvgIpc) is 2.88. The first kappa shape index (κ1) is 15.8. The monoisotopic (exact) mass is 322 g/mol. The van der Waals surface area contributed by atoms with E-state index in [4.69, 9.17) is 4.52 Å². The number of hydrogen-bond acceptors (Lipinski definition) is 3. The van der Waals surface area contributed by atoms with Gasteiger partial charge in [0.25, 0.3) is 5.91 Å². The lowest BCUT2D eigenvalue weighted by Crippen LogP contribution is -2.25. The summed E-state index contributed by atoms with van der Waals surface area (Å²) >= 11 is 0. The summed E-state index contributed by atoms with van der Waals surface area (Å²) in [6.07, 6.45) is 0. The zero-order chi connectivity index (χ0) is 17.1. The third-order valence-corrected chi connectivity index (χ3v) is 3.79. The summed E-state index contributed by atoms with van der Waals surface area (Å²) in [6.45, 7) is 2.38. The molecule has 24 heavy (non-hydrogen) atoms. The molecule has 5 nitrogen and oxygen atoms in total. The number of hydrogen-bond donors (Lipinski definition) is 1. The topological polar surface area (TPSA) is 64.2 Å². The second-order valence-corrected chi connectivity index (χ2v) is 5.64. The lowest BCUT2D eigenvalue weighted by atomic mass is 10.1. The predicted octanol–water partition coefficient (Wildman–Crippen LogP) is 2.88. The van der Waals surface area contributed by atoms with Crippen LogP contribution in [0.5, 0.6) is 0 Å². The van der Waals surface area contributed by atoms with Crippen molar-refractivity contribution in [1.82, 2.24) is 10.1 Å². The third kappa shape index (κ3) is 3.15. The van der Waals surface area contributed by atoms with E-state index in [1.165, 1.54) is 4.74 Å². The fraction of sp³-hybridized carbons (Fsp3) is 0.158. The molecule has 122 valence electrons. The standard InChI is InChI=1S/C19H18N2O3/c1-13-7-6-8-14(11-13)12-20-18(22)17-16(19(23)24-21(17)2)15-9-4-3-5-10-15/h3-11H,12H2,1-2H3,(H,20,22). The Labute approximate surface area is 139 Å². The van der Waals surface area contributed by atoms with Crippen LogP contribution in [0.4, 0.5) is 0 Å². The Morgan fingerprint density at radius 3 is 2.58 bits per heavy atom. The molecule has 0 atom stereocenters. The maximum absolute atomic E-state index is 12.6. The fourth-order valence-electron chi connectivity index (χ4n) is 2.67. The molecule has 1 amide bonds. The molecule has 3 rings (SSSR count). The van der Waals surface area contributed by atoms with Crippen molar-refractivity contribution in [3.63, 3.8) is 0 Å². The second-order valence-electron chi connectivity index (χ2n) is 5.64. The highest BCUT2D eigenvalue weighted by molar-refractivity contribution is 5.98. The number of aromatic nitrogens is 1. The highest BCUT2D eigenvalue weighted by Crippen LogP contribution is 2.20. The molecule has 0 unspecified atom stereocenters. The average molecular weight is 322 g/mol. The van der Waals surface area contributed by atoms with Gasteiger partial charge in [-0.15, -0.1) is 0 Å².